The first kappa shape index (κ1) is 16.0. The van der Waals surface area contributed by atoms with Crippen molar-refractivity contribution in [1.82, 2.24) is 10.3 Å². The predicted molar refractivity (Wildman–Crippen MR) is 91.8 cm³/mol. The molecule has 1 aromatic carbocycles. The summed E-state index contributed by atoms with van der Waals surface area (Å²) in [6.45, 7) is 10.5. The lowest BCUT2D eigenvalue weighted by Crippen LogP contribution is -2.21. The van der Waals surface area contributed by atoms with Crippen LogP contribution < -0.4 is 10.2 Å². The summed E-state index contributed by atoms with van der Waals surface area (Å²) in [7, 11) is 0. The van der Waals surface area contributed by atoms with E-state index in [0.29, 0.717) is 5.92 Å². The van der Waals surface area contributed by atoms with Crippen molar-refractivity contribution in [2.75, 3.05) is 18.0 Å². The van der Waals surface area contributed by atoms with Crippen molar-refractivity contribution in [2.24, 2.45) is 5.92 Å². The molecule has 0 aliphatic rings. The van der Waals surface area contributed by atoms with E-state index < -0.39 is 0 Å². The molecular weight excluding hydrogens is 278 g/mol. The van der Waals surface area contributed by atoms with Gasteiger partial charge in [-0.05, 0) is 24.9 Å². The van der Waals surface area contributed by atoms with Gasteiger partial charge in [-0.3, -0.25) is 0 Å². The largest absolute Gasteiger partial charge is 0.344 e. The van der Waals surface area contributed by atoms with Crippen LogP contribution in [0, 0.1) is 5.92 Å². The van der Waals surface area contributed by atoms with Crippen LogP contribution in [-0.2, 0) is 13.1 Å². The van der Waals surface area contributed by atoms with Gasteiger partial charge in [0.1, 0.15) is 0 Å². The maximum absolute atomic E-state index is 4.59. The molecule has 0 saturated heterocycles. The molecule has 2 aromatic rings. The minimum Gasteiger partial charge on any atom is -0.344 e. The zero-order valence-electron chi connectivity index (χ0n) is 13.2. The summed E-state index contributed by atoms with van der Waals surface area (Å²) in [5.74, 6) is 0.683. The Balaban J connectivity index is 1.94. The summed E-state index contributed by atoms with van der Waals surface area (Å²) < 4.78 is 0. The summed E-state index contributed by atoms with van der Waals surface area (Å²) >= 11 is 1.79. The Labute approximate surface area is 132 Å². The Hall–Kier alpha value is -1.39. The molecular formula is C17H25N3S. The third kappa shape index (κ3) is 5.14. The Morgan fingerprint density at radius 2 is 2.00 bits per heavy atom. The second-order valence-electron chi connectivity index (χ2n) is 5.63. The van der Waals surface area contributed by atoms with Crippen molar-refractivity contribution in [2.45, 2.75) is 33.9 Å². The monoisotopic (exact) mass is 303 g/mol. The van der Waals surface area contributed by atoms with E-state index in [1.807, 2.05) is 6.20 Å². The minimum absolute atomic E-state index is 0.683. The molecule has 2 rings (SSSR count). The van der Waals surface area contributed by atoms with Crippen molar-refractivity contribution in [3.05, 3.63) is 47.0 Å². The van der Waals surface area contributed by atoms with Crippen LogP contribution in [0.25, 0.3) is 0 Å². The number of benzene rings is 1. The fourth-order valence-corrected chi connectivity index (χ4v) is 3.07. The maximum Gasteiger partial charge on any atom is 0.185 e. The lowest BCUT2D eigenvalue weighted by molar-refractivity contribution is 0.554. The summed E-state index contributed by atoms with van der Waals surface area (Å²) in [4.78, 5) is 8.21. The number of aromatic nitrogens is 1. The van der Waals surface area contributed by atoms with Gasteiger partial charge in [-0.25, -0.2) is 4.98 Å². The zero-order chi connectivity index (χ0) is 15.1. The molecule has 1 heterocycles. The molecule has 4 heteroatoms. The van der Waals surface area contributed by atoms with E-state index in [-0.39, 0.29) is 0 Å². The number of anilines is 1. The number of thiazole rings is 1. The first-order chi connectivity index (χ1) is 10.2. The van der Waals surface area contributed by atoms with Crippen LogP contribution in [0.15, 0.2) is 36.5 Å². The van der Waals surface area contributed by atoms with Gasteiger partial charge in [0.2, 0.25) is 0 Å². The zero-order valence-corrected chi connectivity index (χ0v) is 14.0. The fraction of sp³-hybridized carbons (Fsp3) is 0.471. The van der Waals surface area contributed by atoms with Gasteiger partial charge in [-0.15, -0.1) is 11.3 Å². The molecule has 3 nitrogen and oxygen atoms in total. The van der Waals surface area contributed by atoms with Crippen LogP contribution >= 0.6 is 11.3 Å². The second kappa shape index (κ2) is 8.15. The third-order valence-corrected chi connectivity index (χ3v) is 4.32. The van der Waals surface area contributed by atoms with Gasteiger partial charge in [0.25, 0.3) is 0 Å². The molecule has 0 aliphatic heterocycles. The molecule has 1 aromatic heterocycles. The van der Waals surface area contributed by atoms with Crippen LogP contribution in [-0.4, -0.2) is 18.1 Å². The first-order valence-electron chi connectivity index (χ1n) is 7.63. The van der Waals surface area contributed by atoms with Gasteiger partial charge < -0.3 is 10.2 Å². The molecule has 0 aliphatic carbocycles. The molecule has 21 heavy (non-hydrogen) atoms. The molecule has 0 unspecified atom stereocenters. The number of nitrogens with one attached hydrogen (secondary N) is 1. The molecule has 0 radical (unpaired) electrons. The van der Waals surface area contributed by atoms with Crippen molar-refractivity contribution >= 4 is 16.5 Å². The Kier molecular flexibility index (Phi) is 6.21. The number of nitrogens with zero attached hydrogens (tertiary/aromatic N) is 2. The first-order valence-corrected chi connectivity index (χ1v) is 8.45. The van der Waals surface area contributed by atoms with Gasteiger partial charge in [-0.1, -0.05) is 44.2 Å². The predicted octanol–water partition coefficient (Wildman–Crippen LogP) is 3.92. The van der Waals surface area contributed by atoms with Crippen molar-refractivity contribution in [1.29, 1.82) is 0 Å². The van der Waals surface area contributed by atoms with Gasteiger partial charge in [0.05, 0.1) is 0 Å². The van der Waals surface area contributed by atoms with Crippen LogP contribution in [0.1, 0.15) is 31.2 Å². The van der Waals surface area contributed by atoms with E-state index in [1.165, 1.54) is 10.4 Å². The molecule has 0 bridgehead atoms. The Bertz CT molecular complexity index is 522. The van der Waals surface area contributed by atoms with Gasteiger partial charge in [0, 0.05) is 30.7 Å². The van der Waals surface area contributed by atoms with Crippen LogP contribution in [0.3, 0.4) is 0 Å². The van der Waals surface area contributed by atoms with E-state index in [1.54, 1.807) is 11.3 Å². The Morgan fingerprint density at radius 3 is 2.67 bits per heavy atom. The van der Waals surface area contributed by atoms with Gasteiger partial charge >= 0.3 is 0 Å². The lowest BCUT2D eigenvalue weighted by atomic mass is 10.2. The quantitative estimate of drug-likeness (QED) is 0.801. The average Bonchev–Trinajstić information content (AvgIpc) is 2.94. The van der Waals surface area contributed by atoms with Gasteiger partial charge in [-0.2, -0.15) is 0 Å². The van der Waals surface area contributed by atoms with Crippen LogP contribution in [0.5, 0.6) is 0 Å². The Morgan fingerprint density at radius 1 is 1.24 bits per heavy atom. The normalized spacial score (nSPS) is 11.0. The van der Waals surface area contributed by atoms with Gasteiger partial charge in [0.15, 0.2) is 5.13 Å². The molecule has 0 atom stereocenters. The summed E-state index contributed by atoms with van der Waals surface area (Å²) in [5, 5.41) is 4.59. The molecule has 0 saturated carbocycles. The highest BCUT2D eigenvalue weighted by Crippen LogP contribution is 2.24. The van der Waals surface area contributed by atoms with Crippen LogP contribution in [0.4, 0.5) is 5.13 Å². The maximum atomic E-state index is 4.59. The van der Waals surface area contributed by atoms with Crippen molar-refractivity contribution < 1.29 is 0 Å². The highest BCUT2D eigenvalue weighted by Gasteiger charge is 2.10. The third-order valence-electron chi connectivity index (χ3n) is 3.26. The number of rotatable bonds is 8. The molecule has 0 amide bonds. The topological polar surface area (TPSA) is 28.2 Å². The van der Waals surface area contributed by atoms with E-state index in [9.17, 15) is 0 Å². The standard InChI is InChI=1S/C17H25N3S/c1-4-20(13-15-8-6-5-7-9-15)17-19-12-16(21-17)11-18-10-14(2)3/h5-9,12,14,18H,4,10-11,13H2,1-3H3. The molecule has 1 N–H and O–H groups in total. The van der Waals surface area contributed by atoms with E-state index >= 15 is 0 Å². The molecule has 114 valence electrons. The van der Waals surface area contributed by atoms with Crippen LogP contribution in [0.2, 0.25) is 0 Å². The van der Waals surface area contributed by atoms with E-state index in [4.69, 9.17) is 0 Å². The van der Waals surface area contributed by atoms with Crippen molar-refractivity contribution in [3.63, 3.8) is 0 Å². The second-order valence-corrected chi connectivity index (χ2v) is 6.73. The minimum atomic E-state index is 0.683. The highest BCUT2D eigenvalue weighted by atomic mass is 32.1. The fourth-order valence-electron chi connectivity index (χ4n) is 2.13. The summed E-state index contributed by atoms with van der Waals surface area (Å²) in [6.07, 6.45) is 2.00. The summed E-state index contributed by atoms with van der Waals surface area (Å²) in [5.41, 5.74) is 1.33. The smallest absolute Gasteiger partial charge is 0.185 e. The van der Waals surface area contributed by atoms with E-state index in [0.717, 1.165) is 31.3 Å². The van der Waals surface area contributed by atoms with E-state index in [2.05, 4.69) is 66.3 Å². The average molecular weight is 303 g/mol. The van der Waals surface area contributed by atoms with Crippen molar-refractivity contribution in [3.8, 4) is 0 Å². The summed E-state index contributed by atoms with van der Waals surface area (Å²) in [6, 6.07) is 10.6. The molecule has 0 fully saturated rings. The SMILES string of the molecule is CCN(Cc1ccccc1)c1ncc(CNCC(C)C)s1. The molecule has 0 spiro atoms. The lowest BCUT2D eigenvalue weighted by Gasteiger charge is -2.19. The number of hydrogen-bond acceptors (Lipinski definition) is 4. The highest BCUT2D eigenvalue weighted by molar-refractivity contribution is 7.15. The number of hydrogen-bond donors (Lipinski definition) is 1.